The number of benzene rings is 1. The fraction of sp³-hybridized carbons (Fsp3) is 0.423. The van der Waals surface area contributed by atoms with Gasteiger partial charge in [0.25, 0.3) is 0 Å². The zero-order valence-corrected chi connectivity index (χ0v) is 20.4. The van der Waals surface area contributed by atoms with Crippen LogP contribution in [0.2, 0.25) is 0 Å². The second-order valence-electron chi connectivity index (χ2n) is 10.1. The molecule has 0 saturated heterocycles. The maximum absolute atomic E-state index is 12.6. The number of ketones is 1. The molecule has 35 heavy (non-hydrogen) atoms. The maximum atomic E-state index is 12.6. The van der Waals surface area contributed by atoms with Gasteiger partial charge >= 0.3 is 6.09 Å². The lowest BCUT2D eigenvalue weighted by atomic mass is 10.0. The Kier molecular flexibility index (Phi) is 6.00. The Balaban J connectivity index is 1.42. The fourth-order valence-electron chi connectivity index (χ4n) is 4.51. The van der Waals surface area contributed by atoms with Crippen molar-refractivity contribution >= 4 is 34.6 Å². The second kappa shape index (κ2) is 9.13. The number of carbonyl (C=O) groups excluding carboxylic acids is 2. The first-order chi connectivity index (χ1) is 16.7. The zero-order valence-electron chi connectivity index (χ0n) is 20.4. The summed E-state index contributed by atoms with van der Waals surface area (Å²) in [6, 6.07) is 6.13. The highest BCUT2D eigenvalue weighted by Crippen LogP contribution is 2.28. The van der Waals surface area contributed by atoms with Gasteiger partial charge in [0.1, 0.15) is 17.7 Å². The second-order valence-corrected chi connectivity index (χ2v) is 10.1. The third kappa shape index (κ3) is 5.18. The molecule has 3 heterocycles. The molecule has 0 radical (unpaired) electrons. The van der Waals surface area contributed by atoms with Crippen LogP contribution in [-0.4, -0.2) is 55.0 Å². The van der Waals surface area contributed by atoms with Crippen molar-refractivity contribution in [1.29, 1.82) is 0 Å². The summed E-state index contributed by atoms with van der Waals surface area (Å²) in [5, 5.41) is 7.70. The van der Waals surface area contributed by atoms with Crippen molar-refractivity contribution in [3.63, 3.8) is 0 Å². The number of fused-ring (bicyclic) bond motifs is 2. The molecule has 5 rings (SSSR count). The van der Waals surface area contributed by atoms with Gasteiger partial charge in [-0.3, -0.25) is 4.79 Å². The number of amides is 1. The highest BCUT2D eigenvalue weighted by Gasteiger charge is 2.26. The molecule has 2 aliphatic rings. The van der Waals surface area contributed by atoms with E-state index >= 15 is 0 Å². The largest absolute Gasteiger partial charge is 0.444 e. The van der Waals surface area contributed by atoms with Gasteiger partial charge in [0.2, 0.25) is 0 Å². The number of aromatic nitrogens is 4. The number of rotatable bonds is 3. The van der Waals surface area contributed by atoms with Crippen molar-refractivity contribution in [3.05, 3.63) is 53.6 Å². The Morgan fingerprint density at radius 3 is 2.86 bits per heavy atom. The van der Waals surface area contributed by atoms with Gasteiger partial charge in [-0.2, -0.15) is 5.10 Å². The summed E-state index contributed by atoms with van der Waals surface area (Å²) in [5.41, 5.74) is 4.82. The highest BCUT2D eigenvalue weighted by molar-refractivity contribution is 5.83. The van der Waals surface area contributed by atoms with Crippen LogP contribution in [0, 0.1) is 0 Å². The minimum absolute atomic E-state index is 0.277. The molecule has 1 amide bonds. The number of hydrogen-bond donors (Lipinski definition) is 1. The quantitative estimate of drug-likeness (QED) is 0.564. The van der Waals surface area contributed by atoms with Gasteiger partial charge < -0.3 is 15.0 Å². The van der Waals surface area contributed by atoms with E-state index in [1.807, 2.05) is 39.1 Å². The summed E-state index contributed by atoms with van der Waals surface area (Å²) in [4.78, 5) is 35.7. The van der Waals surface area contributed by atoms with Gasteiger partial charge in [0.05, 0.1) is 18.4 Å². The zero-order chi connectivity index (χ0) is 24.6. The molecule has 0 atom stereocenters. The third-order valence-corrected chi connectivity index (χ3v) is 6.15. The van der Waals surface area contributed by atoms with Gasteiger partial charge in [-0.15, -0.1) is 0 Å². The normalized spacial score (nSPS) is 16.5. The van der Waals surface area contributed by atoms with Crippen molar-refractivity contribution < 1.29 is 14.3 Å². The number of aryl methyl sites for hydroxylation is 1. The molecule has 9 heteroatoms. The first-order valence-electron chi connectivity index (χ1n) is 12.0. The van der Waals surface area contributed by atoms with Gasteiger partial charge in [-0.05, 0) is 68.9 Å². The summed E-state index contributed by atoms with van der Waals surface area (Å²) in [6.45, 7) is 6.59. The van der Waals surface area contributed by atoms with E-state index in [4.69, 9.17) is 9.72 Å². The monoisotopic (exact) mass is 474 g/mol. The van der Waals surface area contributed by atoms with Crippen LogP contribution in [0.4, 0.5) is 16.3 Å². The van der Waals surface area contributed by atoms with Crippen LogP contribution in [0.25, 0.3) is 11.2 Å². The molecule has 0 fully saturated rings. The number of hydrogen-bond acceptors (Lipinski definition) is 7. The highest BCUT2D eigenvalue weighted by atomic mass is 16.6. The van der Waals surface area contributed by atoms with Crippen LogP contribution < -0.4 is 5.32 Å². The fourth-order valence-corrected chi connectivity index (χ4v) is 4.51. The van der Waals surface area contributed by atoms with Crippen LogP contribution in [0.1, 0.15) is 56.9 Å². The number of ether oxygens (including phenoxy) is 1. The van der Waals surface area contributed by atoms with Crippen molar-refractivity contribution in [3.8, 4) is 0 Å². The Morgan fingerprint density at radius 1 is 1.17 bits per heavy atom. The lowest BCUT2D eigenvalue weighted by Gasteiger charge is -2.30. The van der Waals surface area contributed by atoms with Crippen molar-refractivity contribution in [2.45, 2.75) is 58.5 Å². The van der Waals surface area contributed by atoms with Gasteiger partial charge in [-0.25, -0.2) is 19.3 Å². The first kappa shape index (κ1) is 23.0. The average Bonchev–Trinajstić information content (AvgIpc) is 3.20. The number of Topliss-reactive ketones (excluding diaryl/α,β-unsaturated/α-hetero) is 1. The predicted molar refractivity (Wildman–Crippen MR) is 133 cm³/mol. The van der Waals surface area contributed by atoms with Crippen LogP contribution >= 0.6 is 0 Å². The molecule has 1 aliphatic carbocycles. The molecule has 2 aromatic heterocycles. The van der Waals surface area contributed by atoms with Crippen molar-refractivity contribution in [1.82, 2.24) is 24.5 Å². The van der Waals surface area contributed by atoms with E-state index in [0.29, 0.717) is 49.5 Å². The Bertz CT molecular complexity index is 1320. The van der Waals surface area contributed by atoms with Gasteiger partial charge in [-0.1, -0.05) is 12.1 Å². The molecule has 0 saturated carbocycles. The van der Waals surface area contributed by atoms with E-state index in [9.17, 15) is 9.59 Å². The SMILES string of the molecule is CC(C)(C)OC(=O)N1CCC=C(c2cn3ncnc3c(Nc3ccc4c(c3)CC(=O)CCC4)n2)C1. The molecule has 1 aliphatic heterocycles. The van der Waals surface area contributed by atoms with E-state index in [1.54, 1.807) is 9.42 Å². The minimum atomic E-state index is -0.550. The minimum Gasteiger partial charge on any atom is -0.444 e. The van der Waals surface area contributed by atoms with Crippen molar-refractivity contribution in [2.24, 2.45) is 0 Å². The smallest absolute Gasteiger partial charge is 0.410 e. The van der Waals surface area contributed by atoms with Crippen LogP contribution in [0.5, 0.6) is 0 Å². The lowest BCUT2D eigenvalue weighted by Crippen LogP contribution is -2.39. The molecule has 1 N–H and O–H groups in total. The Labute approximate surface area is 204 Å². The van der Waals surface area contributed by atoms with Crippen molar-refractivity contribution in [2.75, 3.05) is 18.4 Å². The summed E-state index contributed by atoms with van der Waals surface area (Å²) in [5.74, 6) is 0.842. The average molecular weight is 475 g/mol. The van der Waals surface area contributed by atoms with E-state index in [-0.39, 0.29) is 11.9 Å². The number of nitrogens with one attached hydrogen (secondary N) is 1. The summed E-state index contributed by atoms with van der Waals surface area (Å²) >= 11 is 0. The van der Waals surface area contributed by atoms with Crippen LogP contribution in [0.15, 0.2) is 36.8 Å². The summed E-state index contributed by atoms with van der Waals surface area (Å²) in [6.07, 6.45) is 8.73. The standard InChI is InChI=1S/C26H30N6O3/c1-26(2,3)35-25(34)31-11-5-7-18(14-31)22-15-32-24(27-16-28-32)23(30-22)29-20-10-9-17-6-4-8-21(33)13-19(17)12-20/h7,9-10,12,15-16H,4-6,8,11,13-14H2,1-3H3,(H,29,30). The first-order valence-corrected chi connectivity index (χ1v) is 12.0. The number of carbonyl (C=O) groups is 2. The van der Waals surface area contributed by atoms with Gasteiger partial charge in [0, 0.05) is 25.1 Å². The number of anilines is 2. The molecular formula is C26H30N6O3. The Morgan fingerprint density at radius 2 is 2.03 bits per heavy atom. The molecule has 3 aromatic rings. The summed E-state index contributed by atoms with van der Waals surface area (Å²) in [7, 11) is 0. The molecule has 9 nitrogen and oxygen atoms in total. The van der Waals surface area contributed by atoms with Gasteiger partial charge in [0.15, 0.2) is 11.5 Å². The Hall–Kier alpha value is -3.75. The molecule has 0 spiro atoms. The predicted octanol–water partition coefficient (Wildman–Crippen LogP) is 4.34. The van der Waals surface area contributed by atoms with Crippen LogP contribution in [-0.2, 0) is 22.4 Å². The maximum Gasteiger partial charge on any atom is 0.410 e. The third-order valence-electron chi connectivity index (χ3n) is 6.15. The van der Waals surface area contributed by atoms with Crippen LogP contribution in [0.3, 0.4) is 0 Å². The molecule has 1 aromatic carbocycles. The van der Waals surface area contributed by atoms with E-state index in [2.05, 4.69) is 27.5 Å². The lowest BCUT2D eigenvalue weighted by molar-refractivity contribution is -0.118. The van der Waals surface area contributed by atoms with E-state index in [0.717, 1.165) is 29.7 Å². The topological polar surface area (TPSA) is 102 Å². The summed E-state index contributed by atoms with van der Waals surface area (Å²) < 4.78 is 7.24. The molecule has 0 bridgehead atoms. The molecule has 182 valence electrons. The molecule has 0 unspecified atom stereocenters. The van der Waals surface area contributed by atoms with E-state index in [1.165, 1.54) is 11.9 Å². The number of nitrogens with zero attached hydrogens (tertiary/aromatic N) is 5. The van der Waals surface area contributed by atoms with E-state index < -0.39 is 5.60 Å². The molecular weight excluding hydrogens is 444 g/mol.